The second-order valence-electron chi connectivity index (χ2n) is 4.34. The molecule has 0 saturated carbocycles. The van der Waals surface area contributed by atoms with Crippen LogP contribution in [0.5, 0.6) is 0 Å². The van der Waals surface area contributed by atoms with Gasteiger partial charge >= 0.3 is 5.97 Å². The molecule has 0 rings (SSSR count). The van der Waals surface area contributed by atoms with Crippen LogP contribution in [0.2, 0.25) is 0 Å². The van der Waals surface area contributed by atoms with E-state index in [0.29, 0.717) is 32.3 Å². The first kappa shape index (κ1) is 15.4. The van der Waals surface area contributed by atoms with E-state index in [0.717, 1.165) is 12.8 Å². The average Bonchev–Trinajstić information content (AvgIpc) is 2.25. The zero-order valence-electron chi connectivity index (χ0n) is 10.7. The molecule has 0 spiro atoms. The van der Waals surface area contributed by atoms with Crippen molar-refractivity contribution < 1.29 is 14.3 Å². The Hall–Kier alpha value is -0.610. The molecule has 0 aromatic heterocycles. The Morgan fingerprint density at radius 3 is 2.44 bits per heavy atom. The first-order valence-electron chi connectivity index (χ1n) is 6.06. The van der Waals surface area contributed by atoms with Gasteiger partial charge in [-0.3, -0.25) is 4.79 Å². The normalized spacial score (nSPS) is 12.8. The predicted molar refractivity (Wildman–Crippen MR) is 64.1 cm³/mol. The highest BCUT2D eigenvalue weighted by molar-refractivity contribution is 5.72. The molecule has 0 fully saturated rings. The molecule has 0 aromatic rings. The molecule has 2 N–H and O–H groups in total. The minimum absolute atomic E-state index is 0.175. The summed E-state index contributed by atoms with van der Waals surface area (Å²) in [4.78, 5) is 11.6. The predicted octanol–water partition coefficient (Wildman–Crippen LogP) is 1.58. The summed E-state index contributed by atoms with van der Waals surface area (Å²) < 4.78 is 10.3. The maximum atomic E-state index is 11.6. The number of carbonyl (C=O) groups excluding carboxylic acids is 1. The van der Waals surface area contributed by atoms with Crippen molar-refractivity contribution in [1.82, 2.24) is 0 Å². The monoisotopic (exact) mass is 231 g/mol. The van der Waals surface area contributed by atoms with Crippen molar-refractivity contribution in [2.24, 2.45) is 17.6 Å². The van der Waals surface area contributed by atoms with Gasteiger partial charge in [0.15, 0.2) is 0 Å². The van der Waals surface area contributed by atoms with Crippen LogP contribution in [0.4, 0.5) is 0 Å². The summed E-state index contributed by atoms with van der Waals surface area (Å²) in [6.45, 7) is 8.04. The fourth-order valence-electron chi connectivity index (χ4n) is 1.42. The lowest BCUT2D eigenvalue weighted by Crippen LogP contribution is -2.28. The van der Waals surface area contributed by atoms with E-state index in [1.54, 1.807) is 0 Å². The Bertz CT molecular complexity index is 183. The summed E-state index contributed by atoms with van der Waals surface area (Å²) in [7, 11) is 0. The fourth-order valence-corrected chi connectivity index (χ4v) is 1.42. The van der Waals surface area contributed by atoms with E-state index < -0.39 is 0 Å². The Morgan fingerprint density at radius 2 is 1.94 bits per heavy atom. The van der Waals surface area contributed by atoms with Gasteiger partial charge in [-0.05, 0) is 18.8 Å². The number of hydrogen-bond donors (Lipinski definition) is 1. The molecular weight excluding hydrogens is 206 g/mol. The molecule has 0 aliphatic rings. The van der Waals surface area contributed by atoms with Gasteiger partial charge in [0.05, 0.1) is 12.5 Å². The molecule has 0 aromatic carbocycles. The highest BCUT2D eigenvalue weighted by Crippen LogP contribution is 2.11. The largest absolute Gasteiger partial charge is 0.463 e. The molecule has 0 saturated heterocycles. The van der Waals surface area contributed by atoms with Gasteiger partial charge in [0, 0.05) is 13.2 Å². The van der Waals surface area contributed by atoms with Crippen LogP contribution in [0.3, 0.4) is 0 Å². The van der Waals surface area contributed by atoms with E-state index in [-0.39, 0.29) is 11.9 Å². The lowest BCUT2D eigenvalue weighted by Gasteiger charge is -2.15. The van der Waals surface area contributed by atoms with Gasteiger partial charge in [-0.25, -0.2) is 0 Å². The lowest BCUT2D eigenvalue weighted by atomic mass is 9.97. The number of nitrogens with two attached hydrogens (primary N) is 1. The number of esters is 1. The van der Waals surface area contributed by atoms with Crippen molar-refractivity contribution >= 4 is 5.97 Å². The van der Waals surface area contributed by atoms with Crippen molar-refractivity contribution in [3.05, 3.63) is 0 Å². The second-order valence-corrected chi connectivity index (χ2v) is 4.34. The van der Waals surface area contributed by atoms with Crippen LogP contribution in [0.1, 0.15) is 33.6 Å². The van der Waals surface area contributed by atoms with Gasteiger partial charge in [-0.15, -0.1) is 0 Å². The van der Waals surface area contributed by atoms with E-state index in [9.17, 15) is 4.79 Å². The van der Waals surface area contributed by atoms with Crippen LogP contribution in [0.25, 0.3) is 0 Å². The van der Waals surface area contributed by atoms with Gasteiger partial charge in [-0.2, -0.15) is 0 Å². The summed E-state index contributed by atoms with van der Waals surface area (Å²) in [5.41, 5.74) is 5.54. The second kappa shape index (κ2) is 9.60. The smallest absolute Gasteiger partial charge is 0.310 e. The molecule has 0 aliphatic heterocycles. The number of carbonyl (C=O) groups is 1. The minimum Gasteiger partial charge on any atom is -0.463 e. The molecular formula is C12H25NO3. The summed E-state index contributed by atoms with van der Waals surface area (Å²) in [5, 5.41) is 0. The summed E-state index contributed by atoms with van der Waals surface area (Å²) in [5.74, 6) is 0.0833. The highest BCUT2D eigenvalue weighted by Gasteiger charge is 2.19. The molecule has 0 bridgehead atoms. The van der Waals surface area contributed by atoms with E-state index in [1.165, 1.54) is 0 Å². The standard InChI is InChI=1S/C12H25NO3/c1-4-5-15-6-7-16-12(14)11(9-13)8-10(2)3/h10-11H,4-9,13H2,1-3H3. The van der Waals surface area contributed by atoms with Gasteiger partial charge in [0.2, 0.25) is 0 Å². The average molecular weight is 231 g/mol. The van der Waals surface area contributed by atoms with E-state index in [4.69, 9.17) is 15.2 Å². The first-order valence-corrected chi connectivity index (χ1v) is 6.06. The molecule has 0 radical (unpaired) electrons. The van der Waals surface area contributed by atoms with Crippen molar-refractivity contribution in [3.63, 3.8) is 0 Å². The molecule has 1 atom stereocenters. The van der Waals surface area contributed by atoms with Crippen molar-refractivity contribution in [1.29, 1.82) is 0 Å². The molecule has 0 aliphatic carbocycles. The van der Waals surface area contributed by atoms with Crippen LogP contribution in [0.15, 0.2) is 0 Å². The zero-order valence-corrected chi connectivity index (χ0v) is 10.7. The maximum absolute atomic E-state index is 11.6. The van der Waals surface area contributed by atoms with Crippen molar-refractivity contribution in [2.75, 3.05) is 26.4 Å². The third-order valence-electron chi connectivity index (χ3n) is 2.19. The van der Waals surface area contributed by atoms with Crippen molar-refractivity contribution in [3.8, 4) is 0 Å². The molecule has 16 heavy (non-hydrogen) atoms. The third-order valence-corrected chi connectivity index (χ3v) is 2.19. The maximum Gasteiger partial charge on any atom is 0.310 e. The molecule has 96 valence electrons. The van der Waals surface area contributed by atoms with Crippen LogP contribution in [-0.2, 0) is 14.3 Å². The molecule has 4 nitrogen and oxygen atoms in total. The Labute approximate surface area is 98.5 Å². The first-order chi connectivity index (χ1) is 7.61. The SMILES string of the molecule is CCCOCCOC(=O)C(CN)CC(C)C. The summed E-state index contributed by atoms with van der Waals surface area (Å²) >= 11 is 0. The lowest BCUT2D eigenvalue weighted by molar-refractivity contribution is -0.150. The number of rotatable bonds is 9. The number of hydrogen-bond acceptors (Lipinski definition) is 4. The van der Waals surface area contributed by atoms with Crippen LogP contribution in [-0.4, -0.2) is 32.3 Å². The topological polar surface area (TPSA) is 61.5 Å². The molecule has 0 amide bonds. The van der Waals surface area contributed by atoms with Crippen LogP contribution < -0.4 is 5.73 Å². The minimum atomic E-state index is -0.198. The van der Waals surface area contributed by atoms with Gasteiger partial charge in [0.25, 0.3) is 0 Å². The molecule has 0 heterocycles. The quantitative estimate of drug-likeness (QED) is 0.483. The van der Waals surface area contributed by atoms with Gasteiger partial charge in [0.1, 0.15) is 6.61 Å². The zero-order chi connectivity index (χ0) is 12.4. The Morgan fingerprint density at radius 1 is 1.25 bits per heavy atom. The van der Waals surface area contributed by atoms with E-state index in [2.05, 4.69) is 13.8 Å². The Kier molecular flexibility index (Phi) is 9.24. The fraction of sp³-hybridized carbons (Fsp3) is 0.917. The Balaban J connectivity index is 3.67. The molecule has 4 heteroatoms. The summed E-state index contributed by atoms with van der Waals surface area (Å²) in [6, 6.07) is 0. The van der Waals surface area contributed by atoms with E-state index in [1.807, 2.05) is 6.92 Å². The summed E-state index contributed by atoms with van der Waals surface area (Å²) in [6.07, 6.45) is 1.76. The van der Waals surface area contributed by atoms with Crippen molar-refractivity contribution in [2.45, 2.75) is 33.6 Å². The third kappa shape index (κ3) is 7.65. The van der Waals surface area contributed by atoms with Gasteiger partial charge < -0.3 is 15.2 Å². The molecule has 1 unspecified atom stereocenters. The van der Waals surface area contributed by atoms with Crippen LogP contribution in [0, 0.1) is 11.8 Å². The van der Waals surface area contributed by atoms with Crippen LogP contribution >= 0.6 is 0 Å². The van der Waals surface area contributed by atoms with E-state index >= 15 is 0 Å². The number of ether oxygens (including phenoxy) is 2. The van der Waals surface area contributed by atoms with Gasteiger partial charge in [-0.1, -0.05) is 20.8 Å². The highest BCUT2D eigenvalue weighted by atomic mass is 16.6.